The Morgan fingerprint density at radius 3 is 2.65 bits per heavy atom. The van der Waals surface area contributed by atoms with Crippen LogP contribution in [0.3, 0.4) is 0 Å². The van der Waals surface area contributed by atoms with Gasteiger partial charge in [-0.2, -0.15) is 0 Å². The minimum atomic E-state index is -0.934. The van der Waals surface area contributed by atoms with Gasteiger partial charge in [-0.3, -0.25) is 14.9 Å². The second-order valence-corrected chi connectivity index (χ2v) is 4.65. The van der Waals surface area contributed by atoms with Crippen LogP contribution in [0.5, 0.6) is 5.75 Å². The number of hydrogen-bond donors (Lipinski definition) is 0. The third-order valence-electron chi connectivity index (χ3n) is 3.30. The molecule has 0 spiro atoms. The summed E-state index contributed by atoms with van der Waals surface area (Å²) in [5, 5.41) is 11.0. The Hall–Kier alpha value is -3.42. The monoisotopic (exact) mass is 314 g/mol. The number of methoxy groups -OCH3 is 1. The number of rotatable bonds is 3. The van der Waals surface area contributed by atoms with Crippen molar-refractivity contribution in [1.29, 1.82) is 0 Å². The molecule has 0 unspecified atom stereocenters. The van der Waals surface area contributed by atoms with Crippen LogP contribution in [0, 0.1) is 10.1 Å². The molecular weight excluding hydrogens is 304 g/mol. The first kappa shape index (κ1) is 14.5. The zero-order valence-electron chi connectivity index (χ0n) is 11.9. The van der Waals surface area contributed by atoms with E-state index in [1.165, 1.54) is 37.4 Å². The molecule has 8 heteroatoms. The molecule has 0 saturated heterocycles. The molecule has 3 aromatic rings. The number of aromatic nitrogens is 1. The predicted octanol–water partition coefficient (Wildman–Crippen LogP) is 1.86. The van der Waals surface area contributed by atoms with E-state index in [2.05, 4.69) is 0 Å². The number of fused-ring (bicyclic) bond motifs is 1. The van der Waals surface area contributed by atoms with Crippen molar-refractivity contribution in [2.24, 2.45) is 0 Å². The van der Waals surface area contributed by atoms with E-state index >= 15 is 0 Å². The number of benzene rings is 2. The van der Waals surface area contributed by atoms with Crippen molar-refractivity contribution in [3.8, 4) is 11.4 Å². The maximum atomic E-state index is 12.5. The van der Waals surface area contributed by atoms with Crippen LogP contribution < -0.4 is 16.1 Å². The van der Waals surface area contributed by atoms with Gasteiger partial charge in [-0.15, -0.1) is 0 Å². The van der Waals surface area contributed by atoms with E-state index in [9.17, 15) is 19.7 Å². The Morgan fingerprint density at radius 2 is 1.96 bits per heavy atom. The van der Waals surface area contributed by atoms with Crippen molar-refractivity contribution in [1.82, 2.24) is 4.57 Å². The fourth-order valence-electron chi connectivity index (χ4n) is 2.20. The number of hydrogen-bond acceptors (Lipinski definition) is 6. The highest BCUT2D eigenvalue weighted by atomic mass is 16.6. The number of ether oxygens (including phenoxy) is 1. The average molecular weight is 314 g/mol. The van der Waals surface area contributed by atoms with E-state index in [0.29, 0.717) is 5.75 Å². The smallest absolute Gasteiger partial charge is 0.427 e. The maximum Gasteiger partial charge on any atom is 0.427 e. The third-order valence-corrected chi connectivity index (χ3v) is 3.30. The highest BCUT2D eigenvalue weighted by molar-refractivity contribution is 5.77. The summed E-state index contributed by atoms with van der Waals surface area (Å²) in [5.41, 5.74) is -0.709. The molecule has 1 heterocycles. The quantitative estimate of drug-likeness (QED) is 0.540. The van der Waals surface area contributed by atoms with Gasteiger partial charge in [0.25, 0.3) is 11.2 Å². The first-order chi connectivity index (χ1) is 11.0. The second kappa shape index (κ2) is 5.41. The Kier molecular flexibility index (Phi) is 3.41. The Labute approximate surface area is 128 Å². The Morgan fingerprint density at radius 1 is 1.17 bits per heavy atom. The first-order valence-electron chi connectivity index (χ1n) is 6.50. The lowest BCUT2D eigenvalue weighted by molar-refractivity contribution is -0.384. The number of non-ortho nitro benzene ring substituents is 1. The molecule has 0 atom stereocenters. The molecule has 0 radical (unpaired) electrons. The van der Waals surface area contributed by atoms with Crippen molar-refractivity contribution in [3.05, 3.63) is 73.5 Å². The standard InChI is InChI=1S/C15H10N2O6/c1-22-11-5-6-12-13(8-11)23-15(19)16(14(12)18)9-3-2-4-10(7-9)17(20)21/h2-8H,1H3. The van der Waals surface area contributed by atoms with E-state index in [-0.39, 0.29) is 22.3 Å². The summed E-state index contributed by atoms with van der Waals surface area (Å²) in [7, 11) is 1.45. The summed E-state index contributed by atoms with van der Waals surface area (Å²) in [6, 6.07) is 9.65. The molecule has 0 aliphatic rings. The maximum absolute atomic E-state index is 12.5. The van der Waals surface area contributed by atoms with Crippen molar-refractivity contribution in [2.45, 2.75) is 0 Å². The SMILES string of the molecule is COc1ccc2c(=O)n(-c3cccc([N+](=O)[O-])c3)c(=O)oc2c1. The van der Waals surface area contributed by atoms with Gasteiger partial charge in [-0.25, -0.2) is 9.36 Å². The zero-order valence-corrected chi connectivity index (χ0v) is 11.9. The minimum Gasteiger partial charge on any atom is -0.497 e. The fourth-order valence-corrected chi connectivity index (χ4v) is 2.20. The molecule has 3 rings (SSSR count). The lowest BCUT2D eigenvalue weighted by Gasteiger charge is -2.06. The summed E-state index contributed by atoms with van der Waals surface area (Å²) in [4.78, 5) is 34.9. The molecule has 0 fully saturated rings. The summed E-state index contributed by atoms with van der Waals surface area (Å²) in [6.07, 6.45) is 0. The van der Waals surface area contributed by atoms with Gasteiger partial charge in [-0.05, 0) is 18.2 Å². The second-order valence-electron chi connectivity index (χ2n) is 4.65. The van der Waals surface area contributed by atoms with Crippen molar-refractivity contribution >= 4 is 16.7 Å². The van der Waals surface area contributed by atoms with Crippen molar-refractivity contribution in [2.75, 3.05) is 7.11 Å². The largest absolute Gasteiger partial charge is 0.497 e. The number of nitro groups is 1. The van der Waals surface area contributed by atoms with Crippen LogP contribution in [0.15, 0.2) is 56.5 Å². The molecule has 0 bridgehead atoms. The van der Waals surface area contributed by atoms with Crippen molar-refractivity contribution < 1.29 is 14.1 Å². The molecule has 0 N–H and O–H groups in total. The number of nitro benzene ring substituents is 1. The molecule has 1 aromatic heterocycles. The van der Waals surface area contributed by atoms with E-state index in [4.69, 9.17) is 9.15 Å². The minimum absolute atomic E-state index is 0.0654. The first-order valence-corrected chi connectivity index (χ1v) is 6.50. The molecule has 0 amide bonds. The van der Waals surface area contributed by atoms with Gasteiger partial charge in [0.15, 0.2) is 0 Å². The predicted molar refractivity (Wildman–Crippen MR) is 81.3 cm³/mol. The summed E-state index contributed by atoms with van der Waals surface area (Å²) in [5.74, 6) is -0.496. The molecule has 0 aliphatic heterocycles. The van der Waals surface area contributed by atoms with Crippen LogP contribution in [-0.2, 0) is 0 Å². The van der Waals surface area contributed by atoms with Gasteiger partial charge in [0.1, 0.15) is 11.3 Å². The highest BCUT2D eigenvalue weighted by Crippen LogP contribution is 2.18. The topological polar surface area (TPSA) is 105 Å². The fraction of sp³-hybridized carbons (Fsp3) is 0.0667. The van der Waals surface area contributed by atoms with E-state index < -0.39 is 16.2 Å². The Balaban J connectivity index is 2.30. The van der Waals surface area contributed by atoms with Crippen LogP contribution in [-0.4, -0.2) is 16.6 Å². The van der Waals surface area contributed by atoms with E-state index in [1.807, 2.05) is 0 Å². The van der Waals surface area contributed by atoms with E-state index in [1.54, 1.807) is 6.07 Å². The van der Waals surface area contributed by atoms with Gasteiger partial charge in [0, 0.05) is 18.2 Å². The van der Waals surface area contributed by atoms with Gasteiger partial charge >= 0.3 is 5.76 Å². The molecule has 8 nitrogen and oxygen atoms in total. The molecule has 23 heavy (non-hydrogen) atoms. The summed E-state index contributed by atoms with van der Waals surface area (Å²) < 4.78 is 10.9. The molecule has 0 aliphatic carbocycles. The lowest BCUT2D eigenvalue weighted by Crippen LogP contribution is -2.30. The van der Waals surface area contributed by atoms with Crippen LogP contribution >= 0.6 is 0 Å². The molecule has 116 valence electrons. The number of nitrogens with zero attached hydrogens (tertiary/aromatic N) is 2. The Bertz CT molecular complexity index is 1030. The van der Waals surface area contributed by atoms with E-state index in [0.717, 1.165) is 10.6 Å². The average Bonchev–Trinajstić information content (AvgIpc) is 2.54. The molecule has 0 saturated carbocycles. The molecule has 2 aromatic carbocycles. The summed E-state index contributed by atoms with van der Waals surface area (Å²) >= 11 is 0. The molecular formula is C15H10N2O6. The van der Waals surface area contributed by atoms with Crippen LogP contribution in [0.1, 0.15) is 0 Å². The third kappa shape index (κ3) is 2.46. The van der Waals surface area contributed by atoms with Crippen molar-refractivity contribution in [3.63, 3.8) is 0 Å². The van der Waals surface area contributed by atoms with Gasteiger partial charge < -0.3 is 9.15 Å². The highest BCUT2D eigenvalue weighted by Gasteiger charge is 2.14. The zero-order chi connectivity index (χ0) is 16.6. The van der Waals surface area contributed by atoms with Crippen LogP contribution in [0.2, 0.25) is 0 Å². The van der Waals surface area contributed by atoms with Crippen LogP contribution in [0.25, 0.3) is 16.7 Å². The summed E-state index contributed by atoms with van der Waals surface area (Å²) in [6.45, 7) is 0. The van der Waals surface area contributed by atoms with Gasteiger partial charge in [0.05, 0.1) is 23.1 Å². The van der Waals surface area contributed by atoms with Gasteiger partial charge in [0.2, 0.25) is 0 Å². The normalized spacial score (nSPS) is 10.7. The van der Waals surface area contributed by atoms with Gasteiger partial charge in [-0.1, -0.05) is 6.07 Å². The van der Waals surface area contributed by atoms with Crippen LogP contribution in [0.4, 0.5) is 5.69 Å². The lowest BCUT2D eigenvalue weighted by atomic mass is 10.2.